The van der Waals surface area contributed by atoms with Crippen LogP contribution >= 0.6 is 23.1 Å². The minimum atomic E-state index is -0.267. The van der Waals surface area contributed by atoms with Crippen LogP contribution in [0.4, 0.5) is 0 Å². The Bertz CT molecular complexity index is 543. The van der Waals surface area contributed by atoms with Crippen molar-refractivity contribution in [3.05, 3.63) is 30.3 Å². The van der Waals surface area contributed by atoms with Gasteiger partial charge in [0.15, 0.2) is 4.34 Å². The monoisotopic (exact) mass is 294 g/mol. The molecule has 100 valence electrons. The lowest BCUT2D eigenvalue weighted by molar-refractivity contribution is -0.142. The molecular formula is C13H14N2O2S2. The van der Waals surface area contributed by atoms with Crippen LogP contribution in [0.2, 0.25) is 0 Å². The SMILES string of the molecule is CCOC(=O)C(C)Sc1nnc(-c2ccccc2)s1. The van der Waals surface area contributed by atoms with E-state index in [1.54, 1.807) is 6.92 Å². The molecule has 2 rings (SSSR count). The lowest BCUT2D eigenvalue weighted by Crippen LogP contribution is -2.16. The normalized spacial score (nSPS) is 12.1. The molecule has 1 aromatic heterocycles. The zero-order valence-electron chi connectivity index (χ0n) is 10.7. The molecule has 4 nitrogen and oxygen atoms in total. The Balaban J connectivity index is 2.04. The zero-order valence-corrected chi connectivity index (χ0v) is 12.3. The molecule has 0 amide bonds. The number of thioether (sulfide) groups is 1. The van der Waals surface area contributed by atoms with Gasteiger partial charge in [-0.05, 0) is 13.8 Å². The van der Waals surface area contributed by atoms with E-state index in [1.165, 1.54) is 23.1 Å². The Morgan fingerprint density at radius 1 is 1.37 bits per heavy atom. The number of benzene rings is 1. The Morgan fingerprint density at radius 3 is 2.79 bits per heavy atom. The van der Waals surface area contributed by atoms with Crippen molar-refractivity contribution in [2.75, 3.05) is 6.61 Å². The highest BCUT2D eigenvalue weighted by atomic mass is 32.2. The van der Waals surface area contributed by atoms with Crippen molar-refractivity contribution in [3.8, 4) is 10.6 Å². The van der Waals surface area contributed by atoms with Gasteiger partial charge in [-0.25, -0.2) is 0 Å². The maximum absolute atomic E-state index is 11.5. The molecule has 1 atom stereocenters. The third kappa shape index (κ3) is 3.78. The summed E-state index contributed by atoms with van der Waals surface area (Å²) in [6, 6.07) is 9.87. The Labute approximate surface area is 120 Å². The molecule has 0 N–H and O–H groups in total. The average Bonchev–Trinajstić information content (AvgIpc) is 2.88. The lowest BCUT2D eigenvalue weighted by Gasteiger charge is -2.06. The maximum Gasteiger partial charge on any atom is 0.319 e. The molecule has 0 aliphatic carbocycles. The largest absolute Gasteiger partial charge is 0.465 e. The first kappa shape index (κ1) is 14.0. The summed E-state index contributed by atoms with van der Waals surface area (Å²) in [5.41, 5.74) is 1.04. The van der Waals surface area contributed by atoms with Crippen LogP contribution < -0.4 is 0 Å². The van der Waals surface area contributed by atoms with Crippen LogP contribution in [0, 0.1) is 0 Å². The van der Waals surface area contributed by atoms with E-state index in [1.807, 2.05) is 37.3 Å². The number of rotatable bonds is 5. The van der Waals surface area contributed by atoms with Crippen LogP contribution in [-0.4, -0.2) is 28.0 Å². The molecule has 0 aliphatic rings. The van der Waals surface area contributed by atoms with Gasteiger partial charge in [0.05, 0.1) is 6.61 Å². The summed E-state index contributed by atoms with van der Waals surface area (Å²) in [6.07, 6.45) is 0. The van der Waals surface area contributed by atoms with Gasteiger partial charge in [0.1, 0.15) is 10.3 Å². The van der Waals surface area contributed by atoms with Gasteiger partial charge in [-0.15, -0.1) is 10.2 Å². The molecule has 2 aromatic rings. The number of hydrogen-bond acceptors (Lipinski definition) is 6. The predicted molar refractivity (Wildman–Crippen MR) is 77.3 cm³/mol. The lowest BCUT2D eigenvalue weighted by atomic mass is 10.2. The van der Waals surface area contributed by atoms with Crippen LogP contribution in [0.5, 0.6) is 0 Å². The summed E-state index contributed by atoms with van der Waals surface area (Å²) in [4.78, 5) is 11.5. The van der Waals surface area contributed by atoms with Gasteiger partial charge in [-0.1, -0.05) is 53.4 Å². The third-order valence-corrected chi connectivity index (χ3v) is 4.46. The molecule has 1 unspecified atom stereocenters. The second-order valence-corrected chi connectivity index (χ2v) is 6.32. The molecule has 1 aromatic carbocycles. The fourth-order valence-corrected chi connectivity index (χ4v) is 3.41. The number of carbonyl (C=O) groups excluding carboxylic acids is 1. The Kier molecular flexibility index (Phi) is 4.93. The summed E-state index contributed by atoms with van der Waals surface area (Å²) in [5, 5.41) is 8.83. The molecule has 0 fully saturated rings. The second kappa shape index (κ2) is 6.68. The van der Waals surface area contributed by atoms with Gasteiger partial charge in [0.25, 0.3) is 0 Å². The Morgan fingerprint density at radius 2 is 2.11 bits per heavy atom. The number of esters is 1. The highest BCUT2D eigenvalue weighted by Gasteiger charge is 2.18. The van der Waals surface area contributed by atoms with E-state index in [0.717, 1.165) is 14.9 Å². The van der Waals surface area contributed by atoms with Crippen LogP contribution in [0.15, 0.2) is 34.7 Å². The molecule has 0 spiro atoms. The number of aromatic nitrogens is 2. The summed E-state index contributed by atoms with van der Waals surface area (Å²) in [5.74, 6) is -0.219. The minimum absolute atomic E-state index is 0.219. The smallest absolute Gasteiger partial charge is 0.319 e. The van der Waals surface area contributed by atoms with Crippen molar-refractivity contribution in [1.82, 2.24) is 10.2 Å². The van der Waals surface area contributed by atoms with Crippen molar-refractivity contribution >= 4 is 29.1 Å². The second-order valence-electron chi connectivity index (χ2n) is 3.75. The third-order valence-electron chi connectivity index (χ3n) is 2.32. The van der Waals surface area contributed by atoms with Crippen molar-refractivity contribution in [1.29, 1.82) is 0 Å². The van der Waals surface area contributed by atoms with Gasteiger partial charge < -0.3 is 4.74 Å². The molecule has 0 bridgehead atoms. The summed E-state index contributed by atoms with van der Waals surface area (Å²) in [6.45, 7) is 4.01. The van der Waals surface area contributed by atoms with E-state index in [9.17, 15) is 4.79 Å². The Hall–Kier alpha value is -1.40. The van der Waals surface area contributed by atoms with E-state index in [-0.39, 0.29) is 11.2 Å². The van der Waals surface area contributed by atoms with Crippen LogP contribution in [0.1, 0.15) is 13.8 Å². The summed E-state index contributed by atoms with van der Waals surface area (Å²) < 4.78 is 5.74. The molecule has 19 heavy (non-hydrogen) atoms. The standard InChI is InChI=1S/C13H14N2O2S2/c1-3-17-12(16)9(2)18-13-15-14-11(19-13)10-7-5-4-6-8-10/h4-9H,3H2,1-2H3. The first-order valence-corrected chi connectivity index (χ1v) is 7.62. The molecule has 1 heterocycles. The quantitative estimate of drug-likeness (QED) is 0.626. The molecule has 0 aliphatic heterocycles. The predicted octanol–water partition coefficient (Wildman–Crippen LogP) is 3.25. The van der Waals surface area contributed by atoms with Crippen molar-refractivity contribution in [3.63, 3.8) is 0 Å². The number of nitrogens with zero attached hydrogens (tertiary/aromatic N) is 2. The maximum atomic E-state index is 11.5. The first-order valence-electron chi connectivity index (χ1n) is 5.93. The molecular weight excluding hydrogens is 280 g/mol. The van der Waals surface area contributed by atoms with Gasteiger partial charge in [0.2, 0.25) is 0 Å². The molecule has 0 saturated heterocycles. The average molecular weight is 294 g/mol. The van der Waals surface area contributed by atoms with Crippen molar-refractivity contribution < 1.29 is 9.53 Å². The summed E-state index contributed by atoms with van der Waals surface area (Å²) in [7, 11) is 0. The number of carbonyl (C=O) groups is 1. The topological polar surface area (TPSA) is 52.1 Å². The molecule has 0 radical (unpaired) electrons. The molecule has 0 saturated carbocycles. The van der Waals surface area contributed by atoms with E-state index in [0.29, 0.717) is 6.61 Å². The van der Waals surface area contributed by atoms with E-state index >= 15 is 0 Å². The van der Waals surface area contributed by atoms with Gasteiger partial charge in [-0.2, -0.15) is 0 Å². The summed E-state index contributed by atoms with van der Waals surface area (Å²) >= 11 is 2.86. The van der Waals surface area contributed by atoms with Crippen molar-refractivity contribution in [2.24, 2.45) is 0 Å². The van der Waals surface area contributed by atoms with E-state index in [4.69, 9.17) is 4.74 Å². The van der Waals surface area contributed by atoms with Crippen molar-refractivity contribution in [2.45, 2.75) is 23.4 Å². The van der Waals surface area contributed by atoms with Gasteiger partial charge in [0, 0.05) is 5.56 Å². The first-order chi connectivity index (χ1) is 9.20. The van der Waals surface area contributed by atoms with Crippen LogP contribution in [-0.2, 0) is 9.53 Å². The fraction of sp³-hybridized carbons (Fsp3) is 0.308. The number of ether oxygens (including phenoxy) is 1. The fourth-order valence-electron chi connectivity index (χ4n) is 1.41. The highest BCUT2D eigenvalue weighted by Crippen LogP contribution is 2.31. The van der Waals surface area contributed by atoms with Gasteiger partial charge >= 0.3 is 5.97 Å². The number of hydrogen-bond donors (Lipinski definition) is 0. The van der Waals surface area contributed by atoms with E-state index < -0.39 is 0 Å². The highest BCUT2D eigenvalue weighted by molar-refractivity contribution is 8.02. The van der Waals surface area contributed by atoms with Gasteiger partial charge in [-0.3, -0.25) is 4.79 Å². The zero-order chi connectivity index (χ0) is 13.7. The van der Waals surface area contributed by atoms with Crippen LogP contribution in [0.25, 0.3) is 10.6 Å². The molecule has 6 heteroatoms. The minimum Gasteiger partial charge on any atom is -0.465 e. The van der Waals surface area contributed by atoms with Crippen LogP contribution in [0.3, 0.4) is 0 Å². The van der Waals surface area contributed by atoms with E-state index in [2.05, 4.69) is 10.2 Å².